The number of hydroxylamine groups is 2. The van der Waals surface area contributed by atoms with Crippen LogP contribution in [-0.2, 0) is 33.6 Å². The smallest absolute Gasteiger partial charge is 0.416 e. The summed E-state index contributed by atoms with van der Waals surface area (Å²) < 4.78 is 44.4. The van der Waals surface area contributed by atoms with E-state index in [-0.39, 0.29) is 19.8 Å². The van der Waals surface area contributed by atoms with Crippen LogP contribution in [0.1, 0.15) is 23.6 Å². The molecule has 3 aromatic carbocycles. The first kappa shape index (κ1) is 23.2. The third-order valence-corrected chi connectivity index (χ3v) is 5.31. The van der Waals surface area contributed by atoms with Crippen molar-refractivity contribution < 1.29 is 27.5 Å². The fourth-order valence-electron chi connectivity index (χ4n) is 3.15. The highest BCUT2D eigenvalue weighted by molar-refractivity contribution is 9.10. The Hall–Kier alpha value is -2.42. The molecule has 0 amide bonds. The Morgan fingerprint density at radius 3 is 2.29 bits per heavy atom. The van der Waals surface area contributed by atoms with Crippen molar-refractivity contribution in [1.29, 1.82) is 0 Å². The molecule has 0 fully saturated rings. The van der Waals surface area contributed by atoms with E-state index in [4.69, 9.17) is 9.57 Å². The van der Waals surface area contributed by atoms with Crippen LogP contribution in [-0.4, -0.2) is 24.2 Å². The Kier molecular flexibility index (Phi) is 7.69. The van der Waals surface area contributed by atoms with Gasteiger partial charge in [-0.05, 0) is 47.0 Å². The predicted molar refractivity (Wildman–Crippen MR) is 115 cm³/mol. The molecule has 0 unspecified atom stereocenters. The number of hydrogen-bond acceptors (Lipinski definition) is 4. The first-order chi connectivity index (χ1) is 14.8. The minimum Gasteiger partial charge on any atom is -0.464 e. The van der Waals surface area contributed by atoms with Crippen LogP contribution in [0.15, 0.2) is 65.1 Å². The van der Waals surface area contributed by atoms with Crippen LogP contribution in [0.5, 0.6) is 0 Å². The number of halogens is 4. The molecule has 0 bridgehead atoms. The first-order valence-electron chi connectivity index (χ1n) is 9.63. The van der Waals surface area contributed by atoms with Gasteiger partial charge >= 0.3 is 12.1 Å². The van der Waals surface area contributed by atoms with Gasteiger partial charge in [0.25, 0.3) is 0 Å². The minimum absolute atomic E-state index is 0.196. The van der Waals surface area contributed by atoms with E-state index in [1.54, 1.807) is 12.0 Å². The number of benzene rings is 3. The lowest BCUT2D eigenvalue weighted by Crippen LogP contribution is -2.27. The number of esters is 1. The third-order valence-electron chi connectivity index (χ3n) is 4.62. The van der Waals surface area contributed by atoms with Gasteiger partial charge in [0, 0.05) is 11.0 Å². The summed E-state index contributed by atoms with van der Waals surface area (Å²) in [5.74, 6) is -0.513. The summed E-state index contributed by atoms with van der Waals surface area (Å²) in [4.78, 5) is 17.4. The minimum atomic E-state index is -4.39. The second-order valence-corrected chi connectivity index (χ2v) is 7.68. The van der Waals surface area contributed by atoms with E-state index in [0.717, 1.165) is 32.9 Å². The number of carbonyl (C=O) groups is 1. The van der Waals surface area contributed by atoms with Crippen LogP contribution in [0, 0.1) is 0 Å². The maximum Gasteiger partial charge on any atom is 0.416 e. The number of nitrogens with zero attached hydrogens (tertiary/aromatic N) is 1. The zero-order valence-corrected chi connectivity index (χ0v) is 18.4. The van der Waals surface area contributed by atoms with Gasteiger partial charge < -0.3 is 4.74 Å². The third kappa shape index (κ3) is 6.29. The molecule has 0 saturated heterocycles. The van der Waals surface area contributed by atoms with Crippen molar-refractivity contribution in [3.05, 3.63) is 81.8 Å². The van der Waals surface area contributed by atoms with Crippen LogP contribution in [0.2, 0.25) is 0 Å². The molecule has 3 aromatic rings. The highest BCUT2D eigenvalue weighted by Crippen LogP contribution is 2.30. The molecular formula is C23H21BrF3NO3. The molecule has 0 aliphatic rings. The van der Waals surface area contributed by atoms with Crippen molar-refractivity contribution in [2.75, 3.05) is 13.2 Å². The Labute approximate surface area is 186 Å². The Balaban J connectivity index is 1.83. The van der Waals surface area contributed by atoms with Gasteiger partial charge in [0.2, 0.25) is 0 Å². The Morgan fingerprint density at radius 2 is 1.65 bits per heavy atom. The van der Waals surface area contributed by atoms with Crippen LogP contribution in [0.25, 0.3) is 10.8 Å². The second-order valence-electron chi connectivity index (χ2n) is 6.82. The zero-order valence-electron chi connectivity index (χ0n) is 16.8. The first-order valence-corrected chi connectivity index (χ1v) is 10.4. The lowest BCUT2D eigenvalue weighted by Gasteiger charge is -2.23. The fraction of sp³-hybridized carbons (Fsp3) is 0.261. The second kappa shape index (κ2) is 10.3. The normalized spacial score (nSPS) is 11.8. The van der Waals surface area contributed by atoms with Gasteiger partial charge in [0.1, 0.15) is 0 Å². The molecule has 3 rings (SSSR count). The maximum atomic E-state index is 12.8. The van der Waals surface area contributed by atoms with Crippen LogP contribution < -0.4 is 0 Å². The van der Waals surface area contributed by atoms with Crippen molar-refractivity contribution in [3.8, 4) is 0 Å². The number of carbonyl (C=O) groups excluding carboxylic acids is 1. The monoisotopic (exact) mass is 495 g/mol. The number of ether oxygens (including phenoxy) is 1. The van der Waals surface area contributed by atoms with E-state index >= 15 is 0 Å². The van der Waals surface area contributed by atoms with Crippen molar-refractivity contribution in [3.63, 3.8) is 0 Å². The van der Waals surface area contributed by atoms with Crippen LogP contribution >= 0.6 is 15.9 Å². The van der Waals surface area contributed by atoms with E-state index in [0.29, 0.717) is 12.1 Å². The summed E-state index contributed by atoms with van der Waals surface area (Å²) in [6.07, 6.45) is -4.39. The average molecular weight is 496 g/mol. The summed E-state index contributed by atoms with van der Waals surface area (Å²) in [6, 6.07) is 16.6. The van der Waals surface area contributed by atoms with Gasteiger partial charge in [-0.25, -0.2) is 4.79 Å². The predicted octanol–water partition coefficient (Wildman–Crippen LogP) is 6.12. The molecule has 0 saturated carbocycles. The molecule has 0 spiro atoms. The summed E-state index contributed by atoms with van der Waals surface area (Å²) in [7, 11) is 0. The molecule has 31 heavy (non-hydrogen) atoms. The van der Waals surface area contributed by atoms with Crippen molar-refractivity contribution in [1.82, 2.24) is 5.06 Å². The molecule has 8 heteroatoms. The quantitative estimate of drug-likeness (QED) is 0.278. The Bertz CT molecular complexity index is 1040. The van der Waals surface area contributed by atoms with Gasteiger partial charge in [-0.3, -0.25) is 4.84 Å². The SMILES string of the molecule is CCOC(=O)CON(Cc1ccc(C(F)(F)F)cc1)Cc1ccc(Br)c2ccccc12. The molecule has 4 nitrogen and oxygen atoms in total. The molecular weight excluding hydrogens is 475 g/mol. The molecule has 0 radical (unpaired) electrons. The molecule has 164 valence electrons. The lowest BCUT2D eigenvalue weighted by molar-refractivity contribution is -0.193. The van der Waals surface area contributed by atoms with Crippen LogP contribution in [0.4, 0.5) is 13.2 Å². The highest BCUT2D eigenvalue weighted by atomic mass is 79.9. The lowest BCUT2D eigenvalue weighted by atomic mass is 10.0. The molecule has 0 N–H and O–H groups in total. The summed E-state index contributed by atoms with van der Waals surface area (Å²) in [6.45, 7) is 2.17. The molecule has 0 heterocycles. The topological polar surface area (TPSA) is 38.8 Å². The van der Waals surface area contributed by atoms with Gasteiger partial charge in [0.05, 0.1) is 18.7 Å². The van der Waals surface area contributed by atoms with Crippen molar-refractivity contribution >= 4 is 32.7 Å². The Morgan fingerprint density at radius 1 is 0.968 bits per heavy atom. The van der Waals surface area contributed by atoms with Gasteiger partial charge in [-0.2, -0.15) is 18.2 Å². The van der Waals surface area contributed by atoms with E-state index in [1.165, 1.54) is 12.1 Å². The number of alkyl halides is 3. The van der Waals surface area contributed by atoms with E-state index in [2.05, 4.69) is 15.9 Å². The van der Waals surface area contributed by atoms with E-state index < -0.39 is 17.7 Å². The number of hydrogen-bond donors (Lipinski definition) is 0. The zero-order chi connectivity index (χ0) is 22.4. The van der Waals surface area contributed by atoms with Crippen molar-refractivity contribution in [2.45, 2.75) is 26.2 Å². The standard InChI is InChI=1S/C23H21BrF3NO3/c1-2-30-22(29)15-31-28(13-16-7-10-18(11-8-16)23(25,26)27)14-17-9-12-21(24)20-6-4-3-5-19(17)20/h3-12H,2,13-15H2,1H3. The molecule has 0 aromatic heterocycles. The summed E-state index contributed by atoms with van der Waals surface area (Å²) in [5, 5.41) is 3.59. The molecule has 0 aliphatic carbocycles. The van der Waals surface area contributed by atoms with Gasteiger partial charge in [0.15, 0.2) is 6.61 Å². The summed E-state index contributed by atoms with van der Waals surface area (Å²) >= 11 is 3.54. The largest absolute Gasteiger partial charge is 0.464 e. The molecule has 0 aliphatic heterocycles. The van der Waals surface area contributed by atoms with Crippen molar-refractivity contribution in [2.24, 2.45) is 0 Å². The van der Waals surface area contributed by atoms with Gasteiger partial charge in [-0.15, -0.1) is 0 Å². The summed E-state index contributed by atoms with van der Waals surface area (Å²) in [5.41, 5.74) is 0.863. The van der Waals surface area contributed by atoms with Gasteiger partial charge in [-0.1, -0.05) is 58.4 Å². The fourth-order valence-corrected chi connectivity index (χ4v) is 3.63. The number of fused-ring (bicyclic) bond motifs is 1. The highest BCUT2D eigenvalue weighted by Gasteiger charge is 2.30. The van der Waals surface area contributed by atoms with E-state index in [1.807, 2.05) is 36.4 Å². The van der Waals surface area contributed by atoms with E-state index in [9.17, 15) is 18.0 Å². The maximum absolute atomic E-state index is 12.8. The number of rotatable bonds is 8. The average Bonchev–Trinajstić information content (AvgIpc) is 2.74. The van der Waals surface area contributed by atoms with Crippen LogP contribution in [0.3, 0.4) is 0 Å². The molecule has 0 atom stereocenters.